The van der Waals surface area contributed by atoms with Gasteiger partial charge in [0.25, 0.3) is 5.91 Å². The van der Waals surface area contributed by atoms with Crippen LogP contribution in [0.2, 0.25) is 0 Å². The lowest BCUT2D eigenvalue weighted by Crippen LogP contribution is -2.35. The van der Waals surface area contributed by atoms with Crippen LogP contribution < -0.4 is 11.1 Å². The van der Waals surface area contributed by atoms with Crippen LogP contribution in [0.3, 0.4) is 0 Å². The Morgan fingerprint density at radius 2 is 2.38 bits per heavy atom. The van der Waals surface area contributed by atoms with Gasteiger partial charge in [-0.15, -0.1) is 11.3 Å². The molecule has 2 unspecified atom stereocenters. The predicted octanol–water partition coefficient (Wildman–Crippen LogP) is 1.73. The first-order valence-corrected chi connectivity index (χ1v) is 8.73. The number of carbonyl (C=O) groups excluding carboxylic acids is 2. The van der Waals surface area contributed by atoms with Gasteiger partial charge in [0.1, 0.15) is 0 Å². The molecule has 3 N–H and O–H groups in total. The summed E-state index contributed by atoms with van der Waals surface area (Å²) in [4.78, 5) is 30.5. The van der Waals surface area contributed by atoms with E-state index in [1.54, 1.807) is 17.5 Å². The number of hydrogen-bond acceptors (Lipinski definition) is 6. The molecule has 0 aliphatic carbocycles. The molecule has 3 rings (SSSR count). The van der Waals surface area contributed by atoms with E-state index in [4.69, 9.17) is 10.2 Å². The Balaban J connectivity index is 1.58. The van der Waals surface area contributed by atoms with Crippen molar-refractivity contribution >= 4 is 28.3 Å². The number of hydrogen-bond donors (Lipinski definition) is 2. The van der Waals surface area contributed by atoms with Crippen LogP contribution in [-0.2, 0) is 11.2 Å². The maximum Gasteiger partial charge on any atom is 0.293 e. The van der Waals surface area contributed by atoms with E-state index in [1.807, 2.05) is 11.8 Å². The van der Waals surface area contributed by atoms with Crippen LogP contribution in [0, 0.1) is 5.92 Å². The van der Waals surface area contributed by atoms with E-state index in [0.29, 0.717) is 29.8 Å². The zero-order chi connectivity index (χ0) is 17.1. The van der Waals surface area contributed by atoms with Gasteiger partial charge >= 0.3 is 0 Å². The number of thiazole rings is 1. The first-order valence-electron chi connectivity index (χ1n) is 7.85. The van der Waals surface area contributed by atoms with Crippen LogP contribution in [0.5, 0.6) is 0 Å². The molecule has 2 aromatic rings. The lowest BCUT2D eigenvalue weighted by atomic mass is 10.1. The lowest BCUT2D eigenvalue weighted by Gasteiger charge is -2.21. The third kappa shape index (κ3) is 3.65. The number of nitrogens with one attached hydrogen (secondary N) is 1. The third-order valence-corrected chi connectivity index (χ3v) is 4.97. The van der Waals surface area contributed by atoms with Crippen molar-refractivity contribution in [3.05, 3.63) is 35.2 Å². The number of furan rings is 1. The van der Waals surface area contributed by atoms with Gasteiger partial charge in [-0.2, -0.15) is 0 Å². The summed E-state index contributed by atoms with van der Waals surface area (Å²) in [6, 6.07) is 3.44. The second kappa shape index (κ2) is 7.14. The van der Waals surface area contributed by atoms with Gasteiger partial charge < -0.3 is 15.1 Å². The van der Waals surface area contributed by atoms with E-state index >= 15 is 0 Å². The molecule has 1 aliphatic rings. The molecule has 0 saturated carbocycles. The van der Waals surface area contributed by atoms with Gasteiger partial charge in [0, 0.05) is 18.0 Å². The molecule has 8 heteroatoms. The van der Waals surface area contributed by atoms with Gasteiger partial charge in [-0.25, -0.2) is 4.98 Å². The fraction of sp³-hybridized carbons (Fsp3) is 0.438. The minimum Gasteiger partial charge on any atom is -0.459 e. The summed E-state index contributed by atoms with van der Waals surface area (Å²) in [5.41, 5.74) is 6.36. The summed E-state index contributed by atoms with van der Waals surface area (Å²) < 4.78 is 5.03. The van der Waals surface area contributed by atoms with Crippen molar-refractivity contribution in [3.8, 4) is 0 Å². The highest BCUT2D eigenvalue weighted by Gasteiger charge is 2.31. The highest BCUT2D eigenvalue weighted by atomic mass is 32.1. The summed E-state index contributed by atoms with van der Waals surface area (Å²) in [6.45, 7) is 3.36. The summed E-state index contributed by atoms with van der Waals surface area (Å²) in [6.07, 6.45) is 2.62. The van der Waals surface area contributed by atoms with Crippen molar-refractivity contribution < 1.29 is 14.0 Å². The number of likely N-dealkylation sites (tertiary alicyclic amines) is 1. The Morgan fingerprint density at radius 1 is 1.54 bits per heavy atom. The highest BCUT2D eigenvalue weighted by molar-refractivity contribution is 7.14. The molecule has 0 bridgehead atoms. The minimum atomic E-state index is -0.355. The van der Waals surface area contributed by atoms with E-state index in [2.05, 4.69) is 10.3 Å². The molecule has 2 amide bonds. The number of rotatable bonds is 5. The van der Waals surface area contributed by atoms with Gasteiger partial charge in [0.15, 0.2) is 10.9 Å². The van der Waals surface area contributed by atoms with Crippen molar-refractivity contribution in [2.24, 2.45) is 11.7 Å². The second-order valence-corrected chi connectivity index (χ2v) is 6.84. The van der Waals surface area contributed by atoms with Crippen LogP contribution in [0.25, 0.3) is 0 Å². The fourth-order valence-corrected chi connectivity index (χ4v) is 3.63. The van der Waals surface area contributed by atoms with Crippen LogP contribution in [-0.4, -0.2) is 40.8 Å². The minimum absolute atomic E-state index is 0.0488. The number of nitrogens with two attached hydrogens (primary N) is 1. The number of aromatic nitrogens is 1. The quantitative estimate of drug-likeness (QED) is 0.857. The Morgan fingerprint density at radius 3 is 3.04 bits per heavy atom. The number of amides is 2. The number of carbonyl (C=O) groups is 2. The standard InChI is InChI=1S/C16H20N4O3S/c1-10-5-11(7-17)8-20(10)14(21)6-12-9-24-16(18-12)19-15(22)13-3-2-4-23-13/h2-4,9-11H,5-8,17H2,1H3,(H,18,19,22). The first-order chi connectivity index (χ1) is 11.6. The van der Waals surface area contributed by atoms with Crippen molar-refractivity contribution in [3.63, 3.8) is 0 Å². The zero-order valence-corrected chi connectivity index (χ0v) is 14.2. The maximum atomic E-state index is 12.5. The van der Waals surface area contributed by atoms with E-state index in [1.165, 1.54) is 17.6 Å². The molecule has 128 valence electrons. The molecule has 24 heavy (non-hydrogen) atoms. The van der Waals surface area contributed by atoms with Crippen molar-refractivity contribution in [2.45, 2.75) is 25.8 Å². The highest BCUT2D eigenvalue weighted by Crippen LogP contribution is 2.24. The Labute approximate surface area is 143 Å². The SMILES string of the molecule is CC1CC(CN)CN1C(=O)Cc1csc(NC(=O)c2ccco2)n1. The van der Waals surface area contributed by atoms with Gasteiger partial charge in [0.2, 0.25) is 5.91 Å². The number of anilines is 1. The van der Waals surface area contributed by atoms with E-state index in [-0.39, 0.29) is 30.0 Å². The average Bonchev–Trinajstić information content (AvgIpc) is 3.27. The summed E-state index contributed by atoms with van der Waals surface area (Å²) in [5, 5.41) is 4.91. The predicted molar refractivity (Wildman–Crippen MR) is 90.8 cm³/mol. The van der Waals surface area contributed by atoms with Gasteiger partial charge in [-0.05, 0) is 37.9 Å². The average molecular weight is 348 g/mol. The van der Waals surface area contributed by atoms with E-state index in [9.17, 15) is 9.59 Å². The molecule has 1 fully saturated rings. The van der Waals surface area contributed by atoms with Gasteiger partial charge in [-0.1, -0.05) is 0 Å². The maximum absolute atomic E-state index is 12.5. The second-order valence-electron chi connectivity index (χ2n) is 5.98. The van der Waals surface area contributed by atoms with E-state index < -0.39 is 0 Å². The topological polar surface area (TPSA) is 101 Å². The van der Waals surface area contributed by atoms with Crippen LogP contribution in [0.15, 0.2) is 28.2 Å². The Bertz CT molecular complexity index is 713. The largest absolute Gasteiger partial charge is 0.459 e. The van der Waals surface area contributed by atoms with Crippen molar-refractivity contribution in [2.75, 3.05) is 18.4 Å². The normalized spacial score (nSPS) is 20.3. The first kappa shape index (κ1) is 16.7. The Hall–Kier alpha value is -2.19. The molecule has 7 nitrogen and oxygen atoms in total. The van der Waals surface area contributed by atoms with Crippen LogP contribution in [0.1, 0.15) is 29.6 Å². The van der Waals surface area contributed by atoms with E-state index in [0.717, 1.165) is 6.42 Å². The summed E-state index contributed by atoms with van der Waals surface area (Å²) in [7, 11) is 0. The number of nitrogens with zero attached hydrogens (tertiary/aromatic N) is 2. The summed E-state index contributed by atoms with van der Waals surface area (Å²) >= 11 is 1.29. The molecular formula is C16H20N4O3S. The molecule has 1 saturated heterocycles. The zero-order valence-electron chi connectivity index (χ0n) is 13.4. The van der Waals surface area contributed by atoms with Gasteiger partial charge in [-0.3, -0.25) is 14.9 Å². The summed E-state index contributed by atoms with van der Waals surface area (Å²) in [5.74, 6) is 0.294. The van der Waals surface area contributed by atoms with Gasteiger partial charge in [0.05, 0.1) is 18.4 Å². The van der Waals surface area contributed by atoms with Crippen LogP contribution >= 0.6 is 11.3 Å². The molecule has 3 heterocycles. The third-order valence-electron chi connectivity index (χ3n) is 4.16. The van der Waals surface area contributed by atoms with Crippen LogP contribution in [0.4, 0.5) is 5.13 Å². The molecule has 2 aromatic heterocycles. The molecular weight excluding hydrogens is 328 g/mol. The lowest BCUT2D eigenvalue weighted by molar-refractivity contribution is -0.131. The molecule has 1 aliphatic heterocycles. The molecule has 0 aromatic carbocycles. The van der Waals surface area contributed by atoms with Crippen molar-refractivity contribution in [1.82, 2.24) is 9.88 Å². The van der Waals surface area contributed by atoms with Crippen molar-refractivity contribution in [1.29, 1.82) is 0 Å². The fourth-order valence-electron chi connectivity index (χ4n) is 2.93. The molecule has 0 radical (unpaired) electrons. The molecule has 0 spiro atoms. The Kier molecular flexibility index (Phi) is 4.96. The molecule has 2 atom stereocenters. The monoisotopic (exact) mass is 348 g/mol. The smallest absolute Gasteiger partial charge is 0.293 e.